The first-order valence-corrected chi connectivity index (χ1v) is 12.7. The zero-order chi connectivity index (χ0) is 23.2. The zero-order valence-corrected chi connectivity index (χ0v) is 19.9. The Morgan fingerprint density at radius 2 is 1.65 bits per heavy atom. The molecule has 0 bridgehead atoms. The van der Waals surface area contributed by atoms with Crippen LogP contribution in [0.2, 0.25) is 0 Å². The lowest BCUT2D eigenvalue weighted by Crippen LogP contribution is -2.34. The maximum Gasteiger partial charge on any atom is 0.319 e. The molecule has 2 aliphatic rings. The number of fused-ring (bicyclic) bond motifs is 1. The van der Waals surface area contributed by atoms with Gasteiger partial charge in [-0.05, 0) is 94.6 Å². The first-order valence-electron chi connectivity index (χ1n) is 12.7. The number of piperidine rings is 2. The molecule has 2 aliphatic heterocycles. The van der Waals surface area contributed by atoms with Crippen LogP contribution >= 0.6 is 0 Å². The van der Waals surface area contributed by atoms with Gasteiger partial charge in [-0.3, -0.25) is 0 Å². The van der Waals surface area contributed by atoms with Crippen LogP contribution < -0.4 is 15.5 Å². The summed E-state index contributed by atoms with van der Waals surface area (Å²) in [5, 5.41) is 10.6. The van der Waals surface area contributed by atoms with Gasteiger partial charge in [-0.1, -0.05) is 6.42 Å². The molecule has 180 valence electrons. The Balaban J connectivity index is 1.19. The topological polar surface area (TPSA) is 77.8 Å². The Bertz CT molecular complexity index is 1080. The average molecular weight is 462 g/mol. The van der Waals surface area contributed by atoms with E-state index in [1.165, 1.54) is 51.6 Å². The summed E-state index contributed by atoms with van der Waals surface area (Å²) in [6, 6.07) is 11.7. The molecule has 0 atom stereocenters. The number of anilines is 2. The van der Waals surface area contributed by atoms with Gasteiger partial charge in [-0.2, -0.15) is 0 Å². The molecule has 5 rings (SSSR count). The number of nitrogens with one attached hydrogen (secondary N) is 2. The highest BCUT2D eigenvalue weighted by atomic mass is 16.2. The van der Waals surface area contributed by atoms with E-state index in [0.29, 0.717) is 12.4 Å². The third-order valence-corrected chi connectivity index (χ3v) is 6.81. The summed E-state index contributed by atoms with van der Waals surface area (Å²) in [6.07, 6.45) is 10.6. The molecule has 0 radical (unpaired) electrons. The molecule has 0 aliphatic carbocycles. The maximum atomic E-state index is 12.3. The van der Waals surface area contributed by atoms with Crippen LogP contribution in [0.15, 0.2) is 42.6 Å². The molecule has 8 heteroatoms. The Hall–Kier alpha value is -3.13. The van der Waals surface area contributed by atoms with Crippen molar-refractivity contribution in [2.45, 2.75) is 44.9 Å². The quantitative estimate of drug-likeness (QED) is 0.511. The molecule has 0 unspecified atom stereocenters. The molecule has 2 N–H and O–H groups in total. The Morgan fingerprint density at radius 3 is 2.41 bits per heavy atom. The van der Waals surface area contributed by atoms with Crippen molar-refractivity contribution in [2.75, 3.05) is 49.5 Å². The largest absolute Gasteiger partial charge is 0.355 e. The van der Waals surface area contributed by atoms with Crippen LogP contribution in [0.5, 0.6) is 0 Å². The molecule has 4 heterocycles. The van der Waals surface area contributed by atoms with Gasteiger partial charge in [0.25, 0.3) is 0 Å². The lowest BCUT2D eigenvalue weighted by Gasteiger charge is -2.28. The van der Waals surface area contributed by atoms with E-state index < -0.39 is 0 Å². The van der Waals surface area contributed by atoms with Crippen LogP contribution in [0.1, 0.15) is 44.9 Å². The predicted octanol–water partition coefficient (Wildman–Crippen LogP) is 4.38. The number of likely N-dealkylation sites (tertiary alicyclic amines) is 1. The predicted molar refractivity (Wildman–Crippen MR) is 136 cm³/mol. The first kappa shape index (κ1) is 22.7. The fraction of sp³-hybridized carbons (Fsp3) is 0.500. The van der Waals surface area contributed by atoms with E-state index in [4.69, 9.17) is 10.1 Å². The van der Waals surface area contributed by atoms with E-state index in [1.54, 1.807) is 0 Å². The zero-order valence-electron chi connectivity index (χ0n) is 19.9. The van der Waals surface area contributed by atoms with Crippen LogP contribution in [0.3, 0.4) is 0 Å². The minimum Gasteiger partial charge on any atom is -0.355 e. The van der Waals surface area contributed by atoms with E-state index in [-0.39, 0.29) is 6.03 Å². The normalized spacial score (nSPS) is 17.1. The van der Waals surface area contributed by atoms with Crippen LogP contribution in [0.25, 0.3) is 16.9 Å². The van der Waals surface area contributed by atoms with Crippen molar-refractivity contribution in [2.24, 2.45) is 0 Å². The number of hydrogen-bond acceptors (Lipinski definition) is 5. The highest BCUT2D eigenvalue weighted by Crippen LogP contribution is 2.26. The molecule has 2 fully saturated rings. The highest BCUT2D eigenvalue weighted by Gasteiger charge is 2.18. The number of benzene rings is 1. The van der Waals surface area contributed by atoms with Crippen molar-refractivity contribution in [3.8, 4) is 11.4 Å². The number of amides is 2. The molecule has 0 spiro atoms. The summed E-state index contributed by atoms with van der Waals surface area (Å²) in [4.78, 5) is 22.1. The van der Waals surface area contributed by atoms with Gasteiger partial charge < -0.3 is 20.4 Å². The van der Waals surface area contributed by atoms with E-state index in [0.717, 1.165) is 48.6 Å². The summed E-state index contributed by atoms with van der Waals surface area (Å²) >= 11 is 0. The monoisotopic (exact) mass is 461 g/mol. The van der Waals surface area contributed by atoms with Crippen LogP contribution in [-0.4, -0.2) is 64.8 Å². The van der Waals surface area contributed by atoms with Crippen LogP contribution in [0, 0.1) is 0 Å². The average Bonchev–Trinajstić information content (AvgIpc) is 3.37. The van der Waals surface area contributed by atoms with E-state index in [2.05, 4.69) is 26.5 Å². The maximum absolute atomic E-state index is 12.3. The van der Waals surface area contributed by atoms with Gasteiger partial charge >= 0.3 is 6.03 Å². The smallest absolute Gasteiger partial charge is 0.319 e. The summed E-state index contributed by atoms with van der Waals surface area (Å²) in [5.41, 5.74) is 2.73. The summed E-state index contributed by atoms with van der Waals surface area (Å²) in [7, 11) is 0. The minimum atomic E-state index is -0.163. The van der Waals surface area contributed by atoms with Gasteiger partial charge in [-0.15, -0.1) is 5.10 Å². The number of hydrogen-bond donors (Lipinski definition) is 2. The van der Waals surface area contributed by atoms with E-state index >= 15 is 0 Å². The number of aromatic nitrogens is 3. The standard InChI is InChI=1S/C26H35N7O/c34-26(27-14-8-17-31-15-3-1-4-16-31)28-22-12-10-21(11-13-22)24-29-25(32-18-5-2-6-19-32)23-9-7-20-33(23)30-24/h7,9-13,20H,1-6,8,14-19H2,(H2,27,28,34). The summed E-state index contributed by atoms with van der Waals surface area (Å²) in [6.45, 7) is 6.20. The molecule has 3 aromatic rings. The fourth-order valence-corrected chi connectivity index (χ4v) is 4.94. The molecule has 34 heavy (non-hydrogen) atoms. The van der Waals surface area contributed by atoms with Gasteiger partial charge in [0.15, 0.2) is 11.6 Å². The van der Waals surface area contributed by atoms with Crippen LogP contribution in [0.4, 0.5) is 16.3 Å². The molecule has 8 nitrogen and oxygen atoms in total. The fourth-order valence-electron chi connectivity index (χ4n) is 4.94. The second-order valence-corrected chi connectivity index (χ2v) is 9.36. The number of nitrogens with zero attached hydrogens (tertiary/aromatic N) is 5. The minimum absolute atomic E-state index is 0.163. The summed E-state index contributed by atoms with van der Waals surface area (Å²) in [5.74, 6) is 1.69. The second-order valence-electron chi connectivity index (χ2n) is 9.36. The molecule has 1 aromatic carbocycles. The number of urea groups is 1. The third-order valence-electron chi connectivity index (χ3n) is 6.81. The Kier molecular flexibility index (Phi) is 7.24. The van der Waals surface area contributed by atoms with Crippen molar-refractivity contribution in [3.05, 3.63) is 42.6 Å². The molecular formula is C26H35N7O. The van der Waals surface area contributed by atoms with Crippen molar-refractivity contribution >= 4 is 23.1 Å². The Labute approximate surface area is 201 Å². The first-order chi connectivity index (χ1) is 16.8. The van der Waals surface area contributed by atoms with Gasteiger partial charge in [0.1, 0.15) is 5.52 Å². The lowest BCUT2D eigenvalue weighted by atomic mass is 10.1. The van der Waals surface area contributed by atoms with Crippen molar-refractivity contribution in [1.29, 1.82) is 0 Å². The van der Waals surface area contributed by atoms with Gasteiger partial charge in [0.2, 0.25) is 0 Å². The summed E-state index contributed by atoms with van der Waals surface area (Å²) < 4.78 is 1.91. The molecule has 2 amide bonds. The number of carbonyl (C=O) groups is 1. The molecular weight excluding hydrogens is 426 g/mol. The molecule has 2 aromatic heterocycles. The number of rotatable bonds is 7. The Morgan fingerprint density at radius 1 is 0.912 bits per heavy atom. The van der Waals surface area contributed by atoms with Gasteiger partial charge in [0, 0.05) is 37.1 Å². The van der Waals surface area contributed by atoms with Crippen molar-refractivity contribution in [1.82, 2.24) is 24.8 Å². The molecule has 2 saturated heterocycles. The van der Waals surface area contributed by atoms with Crippen molar-refractivity contribution in [3.63, 3.8) is 0 Å². The SMILES string of the molecule is O=C(NCCCN1CCCCC1)Nc1ccc(-c2nc(N3CCCCC3)c3cccn3n2)cc1. The van der Waals surface area contributed by atoms with Gasteiger partial charge in [0.05, 0.1) is 0 Å². The lowest BCUT2D eigenvalue weighted by molar-refractivity contribution is 0.224. The van der Waals surface area contributed by atoms with Gasteiger partial charge in [-0.25, -0.2) is 14.3 Å². The number of carbonyl (C=O) groups excluding carboxylic acids is 1. The van der Waals surface area contributed by atoms with E-state index in [9.17, 15) is 4.79 Å². The molecule has 0 saturated carbocycles. The second kappa shape index (κ2) is 10.9. The van der Waals surface area contributed by atoms with Crippen LogP contribution in [-0.2, 0) is 0 Å². The van der Waals surface area contributed by atoms with E-state index in [1.807, 2.05) is 41.0 Å². The third kappa shape index (κ3) is 5.50. The highest BCUT2D eigenvalue weighted by molar-refractivity contribution is 5.89. The van der Waals surface area contributed by atoms with Crippen molar-refractivity contribution < 1.29 is 4.79 Å².